The summed E-state index contributed by atoms with van der Waals surface area (Å²) >= 11 is 0. The van der Waals surface area contributed by atoms with Gasteiger partial charge in [0.05, 0.1) is 13.5 Å². The highest BCUT2D eigenvalue weighted by atomic mass is 16.6. The van der Waals surface area contributed by atoms with Gasteiger partial charge in [0.2, 0.25) is 0 Å². The summed E-state index contributed by atoms with van der Waals surface area (Å²) in [4.78, 5) is 29.3. The van der Waals surface area contributed by atoms with E-state index in [4.69, 9.17) is 9.47 Å². The molecule has 2 aliphatic carbocycles. The minimum Gasteiger partial charge on any atom is -0.469 e. The summed E-state index contributed by atoms with van der Waals surface area (Å²) in [5.41, 5.74) is 2.11. The van der Waals surface area contributed by atoms with Crippen molar-refractivity contribution in [3.63, 3.8) is 0 Å². The number of benzene rings is 1. The first kappa shape index (κ1) is 27.3. The van der Waals surface area contributed by atoms with Crippen LogP contribution in [-0.2, 0) is 14.3 Å². The van der Waals surface area contributed by atoms with E-state index in [1.807, 2.05) is 26.8 Å². The lowest BCUT2D eigenvalue weighted by Crippen LogP contribution is -2.49. The van der Waals surface area contributed by atoms with Gasteiger partial charge in [-0.15, -0.1) is 0 Å². The molecule has 3 rings (SSSR count). The number of rotatable bonds is 9. The average Bonchev–Trinajstić information content (AvgIpc) is 3.60. The molecular formula is C29H44N2O4. The molecule has 35 heavy (non-hydrogen) atoms. The number of amides is 1. The third-order valence-electron chi connectivity index (χ3n) is 7.33. The van der Waals surface area contributed by atoms with E-state index in [-0.39, 0.29) is 24.1 Å². The summed E-state index contributed by atoms with van der Waals surface area (Å²) in [6.45, 7) is 8.72. The van der Waals surface area contributed by atoms with Crippen molar-refractivity contribution < 1.29 is 19.1 Å². The maximum atomic E-state index is 13.4. The quantitative estimate of drug-likeness (QED) is 0.408. The summed E-state index contributed by atoms with van der Waals surface area (Å²) in [7, 11) is 3.52. The first-order valence-corrected chi connectivity index (χ1v) is 13.2. The minimum atomic E-state index is -0.515. The highest BCUT2D eigenvalue weighted by molar-refractivity contribution is 5.70. The Morgan fingerprint density at radius 3 is 2.26 bits per heavy atom. The van der Waals surface area contributed by atoms with Gasteiger partial charge in [-0.2, -0.15) is 0 Å². The van der Waals surface area contributed by atoms with Crippen molar-refractivity contribution in [2.75, 3.05) is 20.7 Å². The number of ether oxygens (including phenoxy) is 2. The molecule has 194 valence electrons. The molecule has 1 amide bonds. The van der Waals surface area contributed by atoms with Crippen molar-refractivity contribution in [3.05, 3.63) is 41.5 Å². The van der Waals surface area contributed by atoms with E-state index in [1.54, 1.807) is 0 Å². The molecule has 2 unspecified atom stereocenters. The van der Waals surface area contributed by atoms with E-state index in [0.29, 0.717) is 24.9 Å². The second-order valence-corrected chi connectivity index (χ2v) is 11.0. The fourth-order valence-electron chi connectivity index (χ4n) is 5.32. The molecule has 0 spiro atoms. The van der Waals surface area contributed by atoms with Crippen molar-refractivity contribution in [2.45, 2.75) is 96.4 Å². The summed E-state index contributed by atoms with van der Waals surface area (Å²) in [6, 6.07) is 11.3. The molecular weight excluding hydrogens is 440 g/mol. The SMILES string of the molecule is CCC(=Cc1ccccc1)C1CC1N(C(=O)OC(C)(C)C)C1CCC(N(C)CCC(=O)OC)CC1. The minimum absolute atomic E-state index is 0.170. The predicted molar refractivity (Wildman–Crippen MR) is 140 cm³/mol. The number of carbonyl (C=O) groups excluding carboxylic acids is 2. The Hall–Kier alpha value is -2.34. The van der Waals surface area contributed by atoms with Gasteiger partial charge in [0.15, 0.2) is 0 Å². The Labute approximate surface area is 211 Å². The molecule has 2 fully saturated rings. The number of methoxy groups -OCH3 is 1. The second-order valence-electron chi connectivity index (χ2n) is 11.0. The standard InChI is InChI=1S/C29H44N2O4/c1-7-22(19-21-11-9-8-10-12-21)25-20-26(25)31(28(33)35-29(2,3)4)24-15-13-23(14-16-24)30(5)18-17-27(32)34-6/h8-12,19,23-26H,7,13-18,20H2,1-6H3. The van der Waals surface area contributed by atoms with Crippen LogP contribution < -0.4 is 0 Å². The molecule has 0 aromatic heterocycles. The lowest BCUT2D eigenvalue weighted by molar-refractivity contribution is -0.141. The van der Waals surface area contributed by atoms with Crippen LogP contribution >= 0.6 is 0 Å². The average molecular weight is 485 g/mol. The molecule has 1 aromatic rings. The molecule has 2 saturated carbocycles. The molecule has 2 atom stereocenters. The van der Waals surface area contributed by atoms with Gasteiger partial charge in [-0.1, -0.05) is 48.9 Å². The normalized spacial score (nSPS) is 24.7. The Balaban J connectivity index is 1.68. The molecule has 0 aliphatic heterocycles. The zero-order valence-corrected chi connectivity index (χ0v) is 22.5. The number of carbonyl (C=O) groups is 2. The maximum Gasteiger partial charge on any atom is 0.410 e. The van der Waals surface area contributed by atoms with Crippen LogP contribution in [0.2, 0.25) is 0 Å². The van der Waals surface area contributed by atoms with Gasteiger partial charge < -0.3 is 19.3 Å². The van der Waals surface area contributed by atoms with E-state index in [1.165, 1.54) is 18.2 Å². The van der Waals surface area contributed by atoms with Gasteiger partial charge >= 0.3 is 12.1 Å². The highest BCUT2D eigenvalue weighted by Crippen LogP contribution is 2.46. The smallest absolute Gasteiger partial charge is 0.410 e. The van der Waals surface area contributed by atoms with Crippen LogP contribution in [0.1, 0.15) is 78.2 Å². The van der Waals surface area contributed by atoms with Crippen LogP contribution in [0.15, 0.2) is 35.9 Å². The molecule has 0 heterocycles. The van der Waals surface area contributed by atoms with E-state index in [9.17, 15) is 9.59 Å². The van der Waals surface area contributed by atoms with Crippen molar-refractivity contribution in [1.82, 2.24) is 9.80 Å². The van der Waals surface area contributed by atoms with Crippen molar-refractivity contribution in [2.24, 2.45) is 5.92 Å². The maximum absolute atomic E-state index is 13.4. The lowest BCUT2D eigenvalue weighted by Gasteiger charge is -2.40. The fraction of sp³-hybridized carbons (Fsp3) is 0.655. The van der Waals surface area contributed by atoms with Crippen LogP contribution in [-0.4, -0.2) is 66.3 Å². The first-order valence-electron chi connectivity index (χ1n) is 13.2. The number of hydrogen-bond acceptors (Lipinski definition) is 5. The van der Waals surface area contributed by atoms with Crippen LogP contribution in [0.25, 0.3) is 6.08 Å². The third-order valence-corrected chi connectivity index (χ3v) is 7.33. The second kappa shape index (κ2) is 12.1. The van der Waals surface area contributed by atoms with E-state index in [0.717, 1.165) is 38.5 Å². The Kier molecular flexibility index (Phi) is 9.40. The fourth-order valence-corrected chi connectivity index (χ4v) is 5.32. The summed E-state index contributed by atoms with van der Waals surface area (Å²) < 4.78 is 10.7. The van der Waals surface area contributed by atoms with Gasteiger partial charge in [0.25, 0.3) is 0 Å². The molecule has 1 aromatic carbocycles. The Morgan fingerprint density at radius 2 is 1.69 bits per heavy atom. The van der Waals surface area contributed by atoms with Crippen LogP contribution in [0.5, 0.6) is 0 Å². The van der Waals surface area contributed by atoms with Crippen LogP contribution in [0, 0.1) is 5.92 Å². The van der Waals surface area contributed by atoms with Gasteiger partial charge in [-0.25, -0.2) is 4.79 Å². The Morgan fingerprint density at radius 1 is 1.06 bits per heavy atom. The highest BCUT2D eigenvalue weighted by Gasteiger charge is 2.49. The molecule has 6 nitrogen and oxygen atoms in total. The van der Waals surface area contributed by atoms with Crippen molar-refractivity contribution >= 4 is 18.1 Å². The molecule has 0 saturated heterocycles. The van der Waals surface area contributed by atoms with Crippen molar-refractivity contribution in [3.8, 4) is 0 Å². The zero-order valence-electron chi connectivity index (χ0n) is 22.5. The first-order chi connectivity index (χ1) is 16.6. The zero-order chi connectivity index (χ0) is 25.6. The third kappa shape index (κ3) is 7.83. The number of nitrogens with zero attached hydrogens (tertiary/aromatic N) is 2. The van der Waals surface area contributed by atoms with Gasteiger partial charge in [-0.05, 0) is 71.9 Å². The topological polar surface area (TPSA) is 59.1 Å². The molecule has 0 radical (unpaired) electrons. The van der Waals surface area contributed by atoms with E-state index < -0.39 is 5.60 Å². The van der Waals surface area contributed by atoms with E-state index >= 15 is 0 Å². The van der Waals surface area contributed by atoms with E-state index in [2.05, 4.69) is 54.1 Å². The van der Waals surface area contributed by atoms with Crippen LogP contribution in [0.3, 0.4) is 0 Å². The molecule has 6 heteroatoms. The largest absolute Gasteiger partial charge is 0.469 e. The summed E-state index contributed by atoms with van der Waals surface area (Å²) in [5.74, 6) is 0.227. The van der Waals surface area contributed by atoms with Crippen LogP contribution in [0.4, 0.5) is 4.79 Å². The number of hydrogen-bond donors (Lipinski definition) is 0. The Bertz CT molecular complexity index is 868. The molecule has 2 aliphatic rings. The molecule has 0 bridgehead atoms. The number of esters is 1. The van der Waals surface area contributed by atoms with Gasteiger partial charge in [0.1, 0.15) is 5.60 Å². The van der Waals surface area contributed by atoms with Crippen molar-refractivity contribution in [1.29, 1.82) is 0 Å². The molecule has 0 N–H and O–H groups in total. The van der Waals surface area contributed by atoms with Gasteiger partial charge in [0, 0.05) is 30.6 Å². The predicted octanol–water partition coefficient (Wildman–Crippen LogP) is 5.91. The monoisotopic (exact) mass is 484 g/mol. The summed E-state index contributed by atoms with van der Waals surface area (Å²) in [5, 5.41) is 0. The lowest BCUT2D eigenvalue weighted by atomic mass is 9.89. The van der Waals surface area contributed by atoms with Gasteiger partial charge in [-0.3, -0.25) is 4.79 Å². The summed E-state index contributed by atoms with van der Waals surface area (Å²) in [6.07, 6.45) is 8.46.